The number of nitrogens with two attached hydrogens (primary N) is 1. The van der Waals surface area contributed by atoms with Crippen LogP contribution in [0.2, 0.25) is 0 Å². The molecule has 0 fully saturated rings. The summed E-state index contributed by atoms with van der Waals surface area (Å²) in [6.45, 7) is 0. The van der Waals surface area contributed by atoms with Gasteiger partial charge >= 0.3 is 5.97 Å². The molecule has 2 rings (SSSR count). The van der Waals surface area contributed by atoms with E-state index in [0.29, 0.717) is 5.01 Å². The lowest BCUT2D eigenvalue weighted by Gasteiger charge is -1.98. The molecule has 2 aromatic rings. The van der Waals surface area contributed by atoms with Crippen LogP contribution in [0.4, 0.5) is 5.00 Å². The molecule has 0 aliphatic rings. The maximum atomic E-state index is 10.8. The number of carboxylic acids is 1. The van der Waals surface area contributed by atoms with E-state index in [1.54, 1.807) is 0 Å². The summed E-state index contributed by atoms with van der Waals surface area (Å²) >= 11 is 4.55. The van der Waals surface area contributed by atoms with Crippen molar-refractivity contribution in [2.24, 2.45) is 0 Å². The van der Waals surface area contributed by atoms with Gasteiger partial charge in [-0.25, -0.2) is 9.78 Å². The van der Waals surface area contributed by atoms with E-state index in [4.69, 9.17) is 10.8 Å². The third-order valence-corrected chi connectivity index (χ3v) is 3.57. The molecule has 0 saturated carbocycles. The highest BCUT2D eigenvalue weighted by molar-refractivity contribution is 9.10. The quantitative estimate of drug-likeness (QED) is 0.894. The zero-order valence-corrected chi connectivity index (χ0v) is 10.4. The Balaban J connectivity index is 2.54. The van der Waals surface area contributed by atoms with Crippen LogP contribution >= 0.6 is 27.3 Å². The van der Waals surface area contributed by atoms with Gasteiger partial charge in [-0.15, -0.1) is 0 Å². The number of nitrogens with zero attached hydrogens (tertiary/aromatic N) is 1. The third-order valence-electron chi connectivity index (χ3n) is 1.96. The van der Waals surface area contributed by atoms with Gasteiger partial charge < -0.3 is 10.8 Å². The molecule has 0 amide bonds. The van der Waals surface area contributed by atoms with Crippen LogP contribution in [0, 0.1) is 0 Å². The van der Waals surface area contributed by atoms with Crippen LogP contribution in [0.1, 0.15) is 10.5 Å². The summed E-state index contributed by atoms with van der Waals surface area (Å²) in [5.74, 6) is -1.10. The first-order chi connectivity index (χ1) is 7.59. The lowest BCUT2D eigenvalue weighted by molar-refractivity contribution is 0.0692. The number of aromatic nitrogens is 1. The van der Waals surface area contributed by atoms with Crippen molar-refractivity contribution in [3.8, 4) is 10.6 Å². The maximum Gasteiger partial charge on any atom is 0.357 e. The predicted molar refractivity (Wildman–Crippen MR) is 66.6 cm³/mol. The Bertz CT molecular complexity index is 554. The summed E-state index contributed by atoms with van der Waals surface area (Å²) in [5, 5.41) is 9.67. The highest BCUT2D eigenvalue weighted by Gasteiger charge is 2.16. The number of rotatable bonds is 2. The number of nitrogen functional groups attached to an aromatic ring is 1. The van der Waals surface area contributed by atoms with Crippen LogP contribution in [-0.2, 0) is 0 Å². The minimum absolute atomic E-state index is 0.0873. The molecule has 0 atom stereocenters. The zero-order valence-electron chi connectivity index (χ0n) is 7.98. The maximum absolute atomic E-state index is 10.8. The molecule has 3 N–H and O–H groups in total. The van der Waals surface area contributed by atoms with Crippen molar-refractivity contribution in [2.75, 3.05) is 5.73 Å². The first-order valence-electron chi connectivity index (χ1n) is 4.34. The summed E-state index contributed by atoms with van der Waals surface area (Å²) in [6, 6.07) is 7.46. The van der Waals surface area contributed by atoms with Crippen LogP contribution in [0.5, 0.6) is 0 Å². The molecule has 0 aliphatic carbocycles. The molecule has 0 unspecified atom stereocenters. The monoisotopic (exact) mass is 298 g/mol. The molecule has 0 aliphatic heterocycles. The number of hydrogen-bond acceptors (Lipinski definition) is 4. The van der Waals surface area contributed by atoms with Gasteiger partial charge in [0.2, 0.25) is 0 Å². The lowest BCUT2D eigenvalue weighted by Crippen LogP contribution is -2.00. The van der Waals surface area contributed by atoms with Crippen molar-refractivity contribution in [1.82, 2.24) is 4.98 Å². The van der Waals surface area contributed by atoms with Crippen molar-refractivity contribution < 1.29 is 9.90 Å². The largest absolute Gasteiger partial charge is 0.476 e. The third kappa shape index (κ3) is 1.94. The number of halogens is 1. The average molecular weight is 299 g/mol. The number of hydrogen-bond donors (Lipinski definition) is 2. The fraction of sp³-hybridized carbons (Fsp3) is 0. The van der Waals surface area contributed by atoms with Gasteiger partial charge in [0.05, 0.1) is 0 Å². The Morgan fingerprint density at radius 3 is 2.69 bits per heavy atom. The molecule has 1 heterocycles. The fourth-order valence-corrected chi connectivity index (χ4v) is 2.70. The Morgan fingerprint density at radius 2 is 2.12 bits per heavy atom. The summed E-state index contributed by atoms with van der Waals surface area (Å²) < 4.78 is 0.862. The van der Waals surface area contributed by atoms with Crippen molar-refractivity contribution in [1.29, 1.82) is 0 Å². The Morgan fingerprint density at radius 1 is 1.44 bits per heavy atom. The van der Waals surface area contributed by atoms with E-state index in [0.717, 1.165) is 10.0 Å². The standard InChI is InChI=1S/C10H7BrN2O2S/c11-6-4-2-1-3-5(6)9-13-7(10(14)15)8(12)16-9/h1-4H,12H2,(H,14,15). The van der Waals surface area contributed by atoms with Gasteiger partial charge in [0.1, 0.15) is 10.0 Å². The average Bonchev–Trinajstić information content (AvgIpc) is 2.61. The number of benzene rings is 1. The van der Waals surface area contributed by atoms with Crippen LogP contribution in [0.25, 0.3) is 10.6 Å². The van der Waals surface area contributed by atoms with E-state index < -0.39 is 5.97 Å². The molecule has 1 aromatic heterocycles. The lowest BCUT2D eigenvalue weighted by atomic mass is 10.2. The number of aromatic carboxylic acids is 1. The molecule has 16 heavy (non-hydrogen) atoms. The van der Waals surface area contributed by atoms with Gasteiger partial charge in [0.25, 0.3) is 0 Å². The predicted octanol–water partition coefficient (Wildman–Crippen LogP) is 2.85. The van der Waals surface area contributed by atoms with Gasteiger partial charge in [0.15, 0.2) is 5.69 Å². The molecule has 4 nitrogen and oxygen atoms in total. The first kappa shape index (κ1) is 11.1. The summed E-state index contributed by atoms with van der Waals surface area (Å²) in [7, 11) is 0. The van der Waals surface area contributed by atoms with E-state index in [9.17, 15) is 4.79 Å². The van der Waals surface area contributed by atoms with E-state index >= 15 is 0 Å². The normalized spacial score (nSPS) is 10.3. The first-order valence-corrected chi connectivity index (χ1v) is 5.95. The number of carboxylic acid groups (broad SMARTS) is 1. The Labute approximate surface area is 104 Å². The van der Waals surface area contributed by atoms with Gasteiger partial charge in [-0.2, -0.15) is 0 Å². The van der Waals surface area contributed by atoms with E-state index in [1.165, 1.54) is 11.3 Å². The van der Waals surface area contributed by atoms with Crippen molar-refractivity contribution in [3.05, 3.63) is 34.4 Å². The van der Waals surface area contributed by atoms with Gasteiger partial charge in [-0.1, -0.05) is 45.5 Å². The van der Waals surface area contributed by atoms with Crippen LogP contribution in [-0.4, -0.2) is 16.1 Å². The molecule has 6 heteroatoms. The summed E-state index contributed by atoms with van der Waals surface area (Å²) in [6.07, 6.45) is 0. The second-order valence-electron chi connectivity index (χ2n) is 3.02. The summed E-state index contributed by atoms with van der Waals surface area (Å²) in [4.78, 5) is 14.8. The highest BCUT2D eigenvalue weighted by Crippen LogP contribution is 2.34. The number of carbonyl (C=O) groups is 1. The highest BCUT2D eigenvalue weighted by atomic mass is 79.9. The second kappa shape index (κ2) is 4.23. The number of thiazole rings is 1. The van der Waals surface area contributed by atoms with Crippen LogP contribution in [0.3, 0.4) is 0 Å². The molecule has 0 radical (unpaired) electrons. The minimum Gasteiger partial charge on any atom is -0.476 e. The smallest absolute Gasteiger partial charge is 0.357 e. The molecule has 0 saturated heterocycles. The van der Waals surface area contributed by atoms with Gasteiger partial charge in [-0.3, -0.25) is 0 Å². The minimum atomic E-state index is -1.10. The van der Waals surface area contributed by atoms with Gasteiger partial charge in [0, 0.05) is 10.0 Å². The molecular formula is C10H7BrN2O2S. The Kier molecular flexibility index (Phi) is 2.93. The SMILES string of the molecule is Nc1sc(-c2ccccc2Br)nc1C(=O)O. The molecule has 0 spiro atoms. The molecule has 82 valence electrons. The van der Waals surface area contributed by atoms with Crippen molar-refractivity contribution in [3.63, 3.8) is 0 Å². The molecule has 1 aromatic carbocycles. The Hall–Kier alpha value is -1.40. The zero-order chi connectivity index (χ0) is 11.7. The van der Waals surface area contributed by atoms with Crippen LogP contribution in [0.15, 0.2) is 28.7 Å². The van der Waals surface area contributed by atoms with Crippen molar-refractivity contribution in [2.45, 2.75) is 0 Å². The fourth-order valence-electron chi connectivity index (χ4n) is 1.24. The van der Waals surface area contributed by atoms with E-state index in [-0.39, 0.29) is 10.7 Å². The van der Waals surface area contributed by atoms with Crippen molar-refractivity contribution >= 4 is 38.2 Å². The van der Waals surface area contributed by atoms with Gasteiger partial charge in [-0.05, 0) is 6.07 Å². The second-order valence-corrected chi connectivity index (χ2v) is 4.90. The van der Waals surface area contributed by atoms with Crippen LogP contribution < -0.4 is 5.73 Å². The van der Waals surface area contributed by atoms with E-state index in [2.05, 4.69) is 20.9 Å². The summed E-state index contributed by atoms with van der Waals surface area (Å²) in [5.41, 5.74) is 6.34. The topological polar surface area (TPSA) is 76.2 Å². The molecular weight excluding hydrogens is 292 g/mol. The van der Waals surface area contributed by atoms with E-state index in [1.807, 2.05) is 24.3 Å². The number of anilines is 1. The molecule has 0 bridgehead atoms.